The molecule has 2 atom stereocenters. The van der Waals surface area contributed by atoms with Gasteiger partial charge in [-0.15, -0.1) is 0 Å². The molecule has 1 amide bonds. The first kappa shape index (κ1) is 29.4. The van der Waals surface area contributed by atoms with E-state index in [0.29, 0.717) is 17.5 Å². The third-order valence-corrected chi connectivity index (χ3v) is 9.32. The minimum absolute atomic E-state index is 0.0263. The second kappa shape index (κ2) is 10.9. The third-order valence-electron chi connectivity index (χ3n) is 6.95. The second-order valence-electron chi connectivity index (χ2n) is 9.91. The highest BCUT2D eigenvalue weighted by Crippen LogP contribution is 2.39. The molecule has 41 heavy (non-hydrogen) atoms. The maximum atomic E-state index is 13.2. The van der Waals surface area contributed by atoms with Crippen molar-refractivity contribution < 1.29 is 31.8 Å². The number of carbonyl (C=O) groups is 1. The van der Waals surface area contributed by atoms with Gasteiger partial charge in [0.25, 0.3) is 12.0 Å². The van der Waals surface area contributed by atoms with Crippen LogP contribution in [-0.4, -0.2) is 57.1 Å². The molecule has 3 aliphatic rings. The molecule has 12 nitrogen and oxygen atoms in total. The molecule has 2 fully saturated rings. The molecule has 1 aromatic heterocycles. The van der Waals surface area contributed by atoms with E-state index in [0.717, 1.165) is 37.5 Å². The number of amides is 1. The van der Waals surface area contributed by atoms with Crippen LogP contribution in [0, 0.1) is 0 Å². The minimum atomic E-state index is -4.28. The summed E-state index contributed by atoms with van der Waals surface area (Å²) >= 11 is 12.6. The molecule has 3 aliphatic carbocycles. The highest BCUT2D eigenvalue weighted by molar-refractivity contribution is 7.90. The number of aromatic amines is 1. The lowest BCUT2D eigenvalue weighted by atomic mass is 9.93. The SMILES string of the molecule is O=C(NC1CCC1)C1(NS(=O)(=O)C2C=C(Oc3c(Cl)cc(-n4nc(C(F)F)c(=O)[nH]c4=O)cc3Cl)C=CC2O)CC1. The fourth-order valence-electron chi connectivity index (χ4n) is 4.29. The average Bonchev–Trinajstić information content (AvgIpc) is 3.64. The topological polar surface area (TPSA) is 172 Å². The molecule has 0 spiro atoms. The number of nitrogens with zero attached hydrogens (tertiary/aromatic N) is 2. The number of hydrogen-bond donors (Lipinski definition) is 4. The van der Waals surface area contributed by atoms with E-state index in [4.69, 9.17) is 27.9 Å². The van der Waals surface area contributed by atoms with Gasteiger partial charge in [0.1, 0.15) is 16.5 Å². The number of aliphatic hydroxyl groups excluding tert-OH is 1. The van der Waals surface area contributed by atoms with Crippen molar-refractivity contribution in [1.82, 2.24) is 24.8 Å². The fourth-order valence-corrected chi connectivity index (χ4v) is 6.59. The third kappa shape index (κ3) is 5.95. The van der Waals surface area contributed by atoms with Gasteiger partial charge in [-0.2, -0.15) is 14.5 Å². The lowest BCUT2D eigenvalue weighted by molar-refractivity contribution is -0.124. The Bertz CT molecular complexity index is 1660. The van der Waals surface area contributed by atoms with E-state index in [9.17, 15) is 36.7 Å². The number of allylic oxidation sites excluding steroid dienone is 1. The summed E-state index contributed by atoms with van der Waals surface area (Å²) < 4.78 is 61.3. The summed E-state index contributed by atoms with van der Waals surface area (Å²) in [5.74, 6) is -0.647. The normalized spacial score (nSPS) is 21.8. The van der Waals surface area contributed by atoms with Gasteiger partial charge in [-0.25, -0.2) is 22.0 Å². The summed E-state index contributed by atoms with van der Waals surface area (Å²) in [7, 11) is -4.28. The van der Waals surface area contributed by atoms with Gasteiger partial charge in [0, 0.05) is 6.04 Å². The number of hydrogen-bond acceptors (Lipinski definition) is 8. The lowest BCUT2D eigenvalue weighted by Gasteiger charge is -2.30. The van der Waals surface area contributed by atoms with E-state index in [1.165, 1.54) is 12.2 Å². The predicted molar refractivity (Wildman–Crippen MR) is 143 cm³/mol. The van der Waals surface area contributed by atoms with Crippen molar-refractivity contribution in [3.63, 3.8) is 0 Å². The molecule has 2 unspecified atom stereocenters. The summed E-state index contributed by atoms with van der Waals surface area (Å²) in [4.78, 5) is 38.2. The summed E-state index contributed by atoms with van der Waals surface area (Å²) in [6, 6.07) is 2.25. The Morgan fingerprint density at radius 3 is 2.44 bits per heavy atom. The monoisotopic (exact) mass is 633 g/mol. The summed E-state index contributed by atoms with van der Waals surface area (Å²) in [6.45, 7) is 0. The molecule has 5 rings (SSSR count). The minimum Gasteiger partial charge on any atom is -0.455 e. The van der Waals surface area contributed by atoms with Crippen LogP contribution in [0.2, 0.25) is 10.0 Å². The van der Waals surface area contributed by atoms with Crippen LogP contribution < -0.4 is 26.0 Å². The Hall–Kier alpha value is -3.11. The molecule has 1 heterocycles. The number of aliphatic hydroxyl groups is 1. The van der Waals surface area contributed by atoms with E-state index >= 15 is 0 Å². The molecular weight excluding hydrogens is 611 g/mol. The molecule has 0 radical (unpaired) electrons. The molecule has 4 N–H and O–H groups in total. The number of aromatic nitrogens is 3. The molecule has 1 aromatic carbocycles. The van der Waals surface area contributed by atoms with Crippen molar-refractivity contribution in [1.29, 1.82) is 0 Å². The predicted octanol–water partition coefficient (Wildman–Crippen LogP) is 1.85. The molecule has 0 saturated heterocycles. The number of H-pyrrole nitrogens is 1. The molecule has 2 aromatic rings. The van der Waals surface area contributed by atoms with Crippen molar-refractivity contribution in [3.05, 3.63) is 72.7 Å². The van der Waals surface area contributed by atoms with Crippen molar-refractivity contribution in [2.45, 2.75) is 61.5 Å². The fraction of sp³-hybridized carbons (Fsp3) is 0.417. The average molecular weight is 634 g/mol. The number of alkyl halides is 2. The van der Waals surface area contributed by atoms with Crippen LogP contribution in [0.4, 0.5) is 8.78 Å². The van der Waals surface area contributed by atoms with Crippen LogP contribution in [0.3, 0.4) is 0 Å². The van der Waals surface area contributed by atoms with E-state index in [-0.39, 0.29) is 33.3 Å². The van der Waals surface area contributed by atoms with E-state index < -0.39 is 56.2 Å². The lowest BCUT2D eigenvalue weighted by Crippen LogP contribution is -2.55. The zero-order chi connectivity index (χ0) is 29.7. The van der Waals surface area contributed by atoms with Crippen molar-refractivity contribution in [2.75, 3.05) is 0 Å². The number of sulfonamides is 1. The molecular formula is C24H23Cl2F2N5O7S. The van der Waals surface area contributed by atoms with Gasteiger partial charge in [-0.3, -0.25) is 14.6 Å². The molecule has 0 bridgehead atoms. The van der Waals surface area contributed by atoms with Crippen molar-refractivity contribution >= 4 is 39.1 Å². The van der Waals surface area contributed by atoms with Crippen LogP contribution in [0.5, 0.6) is 5.75 Å². The first-order valence-electron chi connectivity index (χ1n) is 12.4. The van der Waals surface area contributed by atoms with Crippen LogP contribution in [0.25, 0.3) is 5.69 Å². The van der Waals surface area contributed by atoms with Crippen LogP contribution in [0.1, 0.15) is 44.2 Å². The van der Waals surface area contributed by atoms with Crippen molar-refractivity contribution in [3.8, 4) is 11.4 Å². The maximum Gasteiger partial charge on any atom is 0.349 e. The summed E-state index contributed by atoms with van der Waals surface area (Å²) in [5.41, 5.74) is -5.10. The van der Waals surface area contributed by atoms with E-state index in [2.05, 4.69) is 15.1 Å². The smallest absolute Gasteiger partial charge is 0.349 e. The van der Waals surface area contributed by atoms with Crippen LogP contribution >= 0.6 is 23.2 Å². The Morgan fingerprint density at radius 1 is 1.22 bits per heavy atom. The number of halogens is 4. The first-order chi connectivity index (χ1) is 19.3. The van der Waals surface area contributed by atoms with E-state index in [1.54, 1.807) is 4.98 Å². The molecule has 17 heteroatoms. The Balaban J connectivity index is 1.37. The number of rotatable bonds is 9. The van der Waals surface area contributed by atoms with Gasteiger partial charge in [-0.05, 0) is 56.4 Å². The highest BCUT2D eigenvalue weighted by Gasteiger charge is 2.54. The van der Waals surface area contributed by atoms with Gasteiger partial charge in [0.15, 0.2) is 11.4 Å². The molecule has 2 saturated carbocycles. The Morgan fingerprint density at radius 2 is 1.88 bits per heavy atom. The number of carbonyl (C=O) groups excluding carboxylic acids is 1. The zero-order valence-electron chi connectivity index (χ0n) is 20.9. The van der Waals surface area contributed by atoms with Gasteiger partial charge in [0.05, 0.1) is 21.8 Å². The van der Waals surface area contributed by atoms with Gasteiger partial charge in [-0.1, -0.05) is 29.3 Å². The largest absolute Gasteiger partial charge is 0.455 e. The highest BCUT2D eigenvalue weighted by atomic mass is 35.5. The molecule has 220 valence electrons. The van der Waals surface area contributed by atoms with Gasteiger partial charge in [0.2, 0.25) is 15.9 Å². The first-order valence-corrected chi connectivity index (χ1v) is 14.7. The van der Waals surface area contributed by atoms with Crippen LogP contribution in [-0.2, 0) is 14.8 Å². The number of ether oxygens (including phenoxy) is 1. The Labute approximate surface area is 241 Å². The van der Waals surface area contributed by atoms with Crippen molar-refractivity contribution in [2.24, 2.45) is 0 Å². The van der Waals surface area contributed by atoms with E-state index in [1.807, 2.05) is 0 Å². The second-order valence-corrected chi connectivity index (χ2v) is 12.6. The van der Waals surface area contributed by atoms with Gasteiger partial charge < -0.3 is 15.2 Å². The quantitative estimate of drug-likeness (QED) is 0.324. The van der Waals surface area contributed by atoms with Crippen LogP contribution in [0.15, 0.2) is 45.7 Å². The summed E-state index contributed by atoms with van der Waals surface area (Å²) in [5, 5.41) is 14.7. The zero-order valence-corrected chi connectivity index (χ0v) is 23.3. The Kier molecular flexibility index (Phi) is 7.84. The van der Waals surface area contributed by atoms with Gasteiger partial charge >= 0.3 is 5.69 Å². The summed E-state index contributed by atoms with van der Waals surface area (Å²) in [6.07, 6.45) is 2.19. The number of benzene rings is 1. The number of nitrogens with one attached hydrogen (secondary N) is 3. The molecule has 0 aliphatic heterocycles. The maximum absolute atomic E-state index is 13.2. The standard InChI is InChI=1S/C24H23Cl2F2N5O7S/c25-14-8-12(33-23(37)30-21(35)18(31-33)20(27)28)9-15(26)19(14)40-13-4-5-16(34)17(10-13)41(38,39)32-24(6-7-24)22(36)29-11-2-1-3-11/h4-5,8-11,16-17,20,32,34H,1-3,6-7H2,(H,29,36)(H,30,35,37).